The summed E-state index contributed by atoms with van der Waals surface area (Å²) in [6, 6.07) is 5.37. The van der Waals surface area contributed by atoms with Crippen molar-refractivity contribution in [1.29, 1.82) is 0 Å². The third-order valence-electron chi connectivity index (χ3n) is 2.11. The maximum absolute atomic E-state index is 10.6. The van der Waals surface area contributed by atoms with E-state index in [2.05, 4.69) is 17.2 Å². The molecule has 0 unspecified atom stereocenters. The maximum atomic E-state index is 10.6. The van der Waals surface area contributed by atoms with Gasteiger partial charge in [-0.05, 0) is 12.1 Å². The average Bonchev–Trinajstić information content (AvgIpc) is 2.30. The minimum atomic E-state index is -0.0456. The van der Waals surface area contributed by atoms with Gasteiger partial charge in [0.2, 0.25) is 5.91 Å². The lowest BCUT2D eigenvalue weighted by Gasteiger charge is -2.02. The molecule has 0 bridgehead atoms. The smallest absolute Gasteiger partial charge is 0.216 e. The summed E-state index contributed by atoms with van der Waals surface area (Å²) >= 11 is 0. The van der Waals surface area contributed by atoms with Crippen LogP contribution in [0.4, 0.5) is 5.69 Å². The number of rotatable bonds is 3. The molecule has 0 saturated carbocycles. The number of hydrogen-bond donors (Lipinski definition) is 2. The molecular formula is C13H16N2O2. The van der Waals surface area contributed by atoms with Gasteiger partial charge in [-0.15, -0.1) is 0 Å². The molecule has 90 valence electrons. The molecule has 0 aliphatic rings. The van der Waals surface area contributed by atoms with E-state index in [0.717, 1.165) is 5.56 Å². The number of hydrogen-bond acceptors (Lipinski definition) is 3. The number of methoxy groups -OCH3 is 1. The van der Waals surface area contributed by atoms with Crippen molar-refractivity contribution in [3.63, 3.8) is 0 Å². The van der Waals surface area contributed by atoms with Crippen molar-refractivity contribution < 1.29 is 9.53 Å². The molecule has 0 aromatic heterocycles. The van der Waals surface area contributed by atoms with Gasteiger partial charge in [-0.25, -0.2) is 0 Å². The predicted octanol–water partition coefficient (Wildman–Crippen LogP) is 1.16. The highest BCUT2D eigenvalue weighted by molar-refractivity contribution is 5.72. The molecule has 0 heterocycles. The molecule has 0 aliphatic heterocycles. The zero-order chi connectivity index (χ0) is 12.7. The number of benzene rings is 1. The second kappa shape index (κ2) is 6.44. The van der Waals surface area contributed by atoms with E-state index in [1.807, 2.05) is 12.1 Å². The van der Waals surface area contributed by atoms with Crippen LogP contribution in [0.2, 0.25) is 0 Å². The molecule has 0 saturated heterocycles. The van der Waals surface area contributed by atoms with Crippen LogP contribution < -0.4 is 15.8 Å². The van der Waals surface area contributed by atoms with Gasteiger partial charge >= 0.3 is 0 Å². The third kappa shape index (κ3) is 4.47. The monoisotopic (exact) mass is 232 g/mol. The first-order valence-electron chi connectivity index (χ1n) is 5.30. The van der Waals surface area contributed by atoms with Gasteiger partial charge in [-0.1, -0.05) is 11.8 Å². The minimum Gasteiger partial charge on any atom is -0.497 e. The molecule has 0 radical (unpaired) electrons. The Labute approximate surface area is 101 Å². The fourth-order valence-corrected chi connectivity index (χ4v) is 1.24. The number of nitrogen functional groups attached to an aromatic ring is 1. The molecule has 4 heteroatoms. The fraction of sp³-hybridized carbons (Fsp3) is 0.308. The van der Waals surface area contributed by atoms with Gasteiger partial charge in [0, 0.05) is 31.5 Å². The Hall–Kier alpha value is -2.15. The van der Waals surface area contributed by atoms with Crippen molar-refractivity contribution in [3.05, 3.63) is 23.8 Å². The average molecular weight is 232 g/mol. The Bertz CT molecular complexity index is 458. The van der Waals surface area contributed by atoms with E-state index in [1.54, 1.807) is 13.2 Å². The first-order valence-corrected chi connectivity index (χ1v) is 5.30. The number of nitrogens with one attached hydrogen (secondary N) is 1. The number of ether oxygens (including phenoxy) is 1. The minimum absolute atomic E-state index is 0.0456. The van der Waals surface area contributed by atoms with Crippen LogP contribution in [0.1, 0.15) is 18.9 Å². The van der Waals surface area contributed by atoms with Crippen LogP contribution in [-0.4, -0.2) is 19.6 Å². The first-order chi connectivity index (χ1) is 8.13. The molecule has 4 nitrogen and oxygen atoms in total. The van der Waals surface area contributed by atoms with E-state index in [1.165, 1.54) is 6.92 Å². The van der Waals surface area contributed by atoms with Gasteiger partial charge in [0.1, 0.15) is 5.75 Å². The van der Waals surface area contributed by atoms with Crippen LogP contribution >= 0.6 is 0 Å². The topological polar surface area (TPSA) is 64.3 Å². The molecule has 0 spiro atoms. The number of amides is 1. The summed E-state index contributed by atoms with van der Waals surface area (Å²) in [5.41, 5.74) is 7.17. The molecule has 0 aliphatic carbocycles. The Kier molecular flexibility index (Phi) is 4.89. The molecular weight excluding hydrogens is 216 g/mol. The summed E-state index contributed by atoms with van der Waals surface area (Å²) in [7, 11) is 1.59. The van der Waals surface area contributed by atoms with E-state index in [4.69, 9.17) is 10.5 Å². The van der Waals surface area contributed by atoms with Crippen molar-refractivity contribution in [2.45, 2.75) is 13.3 Å². The Morgan fingerprint density at radius 1 is 1.53 bits per heavy atom. The standard InChI is InChI=1S/C13H16N2O2/c1-10(16)15-8-4-3-5-11-6-7-12(17-2)9-13(11)14/h6-7,9H,4,8,14H2,1-2H3,(H,15,16). The number of carbonyl (C=O) groups is 1. The third-order valence-corrected chi connectivity index (χ3v) is 2.11. The van der Waals surface area contributed by atoms with E-state index in [-0.39, 0.29) is 5.91 Å². The van der Waals surface area contributed by atoms with Crippen molar-refractivity contribution in [2.24, 2.45) is 0 Å². The summed E-state index contributed by atoms with van der Waals surface area (Å²) in [5, 5.41) is 2.67. The van der Waals surface area contributed by atoms with Gasteiger partial charge in [0.15, 0.2) is 0 Å². The molecule has 17 heavy (non-hydrogen) atoms. The molecule has 1 aromatic rings. The van der Waals surface area contributed by atoms with Crippen LogP contribution in [0.5, 0.6) is 5.75 Å². The zero-order valence-corrected chi connectivity index (χ0v) is 10.0. The number of nitrogens with two attached hydrogens (primary N) is 1. The van der Waals surface area contributed by atoms with E-state index >= 15 is 0 Å². The van der Waals surface area contributed by atoms with Gasteiger partial charge in [0.05, 0.1) is 12.8 Å². The molecule has 1 rings (SSSR count). The van der Waals surface area contributed by atoms with Crippen LogP contribution in [0.15, 0.2) is 18.2 Å². The number of anilines is 1. The van der Waals surface area contributed by atoms with E-state index in [0.29, 0.717) is 24.4 Å². The molecule has 0 atom stereocenters. The lowest BCUT2D eigenvalue weighted by molar-refractivity contribution is -0.118. The Balaban J connectivity index is 2.57. The molecule has 1 aromatic carbocycles. The maximum Gasteiger partial charge on any atom is 0.216 e. The highest BCUT2D eigenvalue weighted by Gasteiger charge is 1.97. The van der Waals surface area contributed by atoms with Crippen molar-refractivity contribution in [1.82, 2.24) is 5.32 Å². The van der Waals surface area contributed by atoms with Gasteiger partial charge in [-0.3, -0.25) is 4.79 Å². The highest BCUT2D eigenvalue weighted by Crippen LogP contribution is 2.18. The predicted molar refractivity (Wildman–Crippen MR) is 67.6 cm³/mol. The molecule has 3 N–H and O–H groups in total. The fourth-order valence-electron chi connectivity index (χ4n) is 1.24. The van der Waals surface area contributed by atoms with Crippen LogP contribution in [0.3, 0.4) is 0 Å². The summed E-state index contributed by atoms with van der Waals surface area (Å²) in [6.07, 6.45) is 0.602. The second-order valence-corrected chi connectivity index (χ2v) is 3.49. The zero-order valence-electron chi connectivity index (χ0n) is 10.0. The largest absolute Gasteiger partial charge is 0.497 e. The highest BCUT2D eigenvalue weighted by atomic mass is 16.5. The SMILES string of the molecule is COc1ccc(C#CCCNC(C)=O)c(N)c1. The summed E-state index contributed by atoms with van der Waals surface area (Å²) < 4.78 is 5.04. The Morgan fingerprint density at radius 2 is 2.29 bits per heavy atom. The Morgan fingerprint density at radius 3 is 2.88 bits per heavy atom. The quantitative estimate of drug-likeness (QED) is 0.467. The lowest BCUT2D eigenvalue weighted by Crippen LogP contribution is -2.20. The van der Waals surface area contributed by atoms with Gasteiger partial charge < -0.3 is 15.8 Å². The number of carbonyl (C=O) groups excluding carboxylic acids is 1. The normalized spacial score (nSPS) is 9.06. The van der Waals surface area contributed by atoms with E-state index < -0.39 is 0 Å². The lowest BCUT2D eigenvalue weighted by atomic mass is 10.1. The van der Waals surface area contributed by atoms with Crippen molar-refractivity contribution >= 4 is 11.6 Å². The first kappa shape index (κ1) is 12.9. The second-order valence-electron chi connectivity index (χ2n) is 3.49. The summed E-state index contributed by atoms with van der Waals surface area (Å²) in [4.78, 5) is 10.6. The van der Waals surface area contributed by atoms with E-state index in [9.17, 15) is 4.79 Å². The summed E-state index contributed by atoms with van der Waals surface area (Å²) in [6.45, 7) is 2.04. The summed E-state index contributed by atoms with van der Waals surface area (Å²) in [5.74, 6) is 6.57. The van der Waals surface area contributed by atoms with Crippen LogP contribution in [0.25, 0.3) is 0 Å². The van der Waals surface area contributed by atoms with Crippen molar-refractivity contribution in [3.8, 4) is 17.6 Å². The van der Waals surface area contributed by atoms with Crippen LogP contribution in [-0.2, 0) is 4.79 Å². The van der Waals surface area contributed by atoms with Gasteiger partial charge in [-0.2, -0.15) is 0 Å². The van der Waals surface area contributed by atoms with Crippen molar-refractivity contribution in [2.75, 3.05) is 19.4 Å². The molecule has 1 amide bonds. The molecule has 0 fully saturated rings. The van der Waals surface area contributed by atoms with Gasteiger partial charge in [0.25, 0.3) is 0 Å². The van der Waals surface area contributed by atoms with Crippen LogP contribution in [0, 0.1) is 11.8 Å².